The van der Waals surface area contributed by atoms with Crippen LogP contribution in [-0.2, 0) is 14.8 Å². The average Bonchev–Trinajstić information content (AvgIpc) is 2.53. The third kappa shape index (κ3) is 2.01. The number of carbonyl (C=O) groups is 2. The normalized spacial score (nSPS) is 25.5. The molecule has 7 nitrogen and oxygen atoms in total. The third-order valence-corrected chi connectivity index (χ3v) is 4.42. The van der Waals surface area contributed by atoms with Crippen LogP contribution in [0.2, 0.25) is 0 Å². The smallest absolute Gasteiger partial charge is 0.310 e. The molecule has 0 bridgehead atoms. The van der Waals surface area contributed by atoms with Crippen molar-refractivity contribution in [1.29, 1.82) is 0 Å². The maximum Gasteiger partial charge on any atom is 0.327 e. The molecule has 2 aliphatic heterocycles. The van der Waals surface area contributed by atoms with Gasteiger partial charge in [-0.2, -0.15) is 4.31 Å². The molecule has 3 amide bonds. The van der Waals surface area contributed by atoms with E-state index in [1.807, 2.05) is 0 Å². The minimum atomic E-state index is -3.33. The molecule has 2 aliphatic rings. The van der Waals surface area contributed by atoms with Gasteiger partial charge in [0.15, 0.2) is 0 Å². The first-order chi connectivity index (χ1) is 8.36. The molecule has 18 heavy (non-hydrogen) atoms. The van der Waals surface area contributed by atoms with Crippen LogP contribution in [0.1, 0.15) is 0 Å². The first kappa shape index (κ1) is 13.0. The topological polar surface area (TPSA) is 78.0 Å². The van der Waals surface area contributed by atoms with Gasteiger partial charge in [0.05, 0.1) is 6.26 Å². The Morgan fingerprint density at radius 2 is 2.06 bits per heavy atom. The van der Waals surface area contributed by atoms with E-state index in [-0.39, 0.29) is 38.1 Å². The summed E-state index contributed by atoms with van der Waals surface area (Å²) in [4.78, 5) is 26.4. The summed E-state index contributed by atoms with van der Waals surface area (Å²) in [6.45, 7) is 4.17. The fourth-order valence-electron chi connectivity index (χ4n) is 2.23. The summed E-state index contributed by atoms with van der Waals surface area (Å²) in [5.41, 5.74) is 0. The van der Waals surface area contributed by atoms with Gasteiger partial charge >= 0.3 is 6.03 Å². The number of rotatable bonds is 3. The fraction of sp³-hybridized carbons (Fsp3) is 0.600. The number of urea groups is 1. The molecule has 2 heterocycles. The summed E-state index contributed by atoms with van der Waals surface area (Å²) < 4.78 is 24.1. The number of fused-ring (bicyclic) bond motifs is 1. The van der Waals surface area contributed by atoms with E-state index in [4.69, 9.17) is 0 Å². The summed E-state index contributed by atoms with van der Waals surface area (Å²) in [6, 6.07) is -1.06. The van der Waals surface area contributed by atoms with E-state index in [1.54, 1.807) is 0 Å². The van der Waals surface area contributed by atoms with Gasteiger partial charge in [-0.05, 0) is 0 Å². The summed E-state index contributed by atoms with van der Waals surface area (Å²) >= 11 is 0. The van der Waals surface area contributed by atoms with Gasteiger partial charge in [-0.1, -0.05) is 6.08 Å². The second kappa shape index (κ2) is 4.36. The second-order valence-corrected chi connectivity index (χ2v) is 6.33. The third-order valence-electron chi connectivity index (χ3n) is 3.15. The molecule has 0 aliphatic carbocycles. The van der Waals surface area contributed by atoms with Crippen molar-refractivity contribution in [2.45, 2.75) is 6.04 Å². The van der Waals surface area contributed by atoms with Crippen LogP contribution in [0, 0.1) is 0 Å². The van der Waals surface area contributed by atoms with Crippen molar-refractivity contribution in [2.24, 2.45) is 0 Å². The molecule has 0 aromatic carbocycles. The molecule has 0 aromatic heterocycles. The van der Waals surface area contributed by atoms with Crippen LogP contribution >= 0.6 is 0 Å². The van der Waals surface area contributed by atoms with Crippen LogP contribution in [0.15, 0.2) is 12.7 Å². The zero-order valence-electron chi connectivity index (χ0n) is 10.1. The van der Waals surface area contributed by atoms with Gasteiger partial charge in [0, 0.05) is 26.2 Å². The standard InChI is InChI=1S/C10H15N3O4S/c1-3-4-13-9(14)8-7-11(18(2,16)17)5-6-12(8)10(13)15/h3,8H,1,4-7H2,2H3/t8-/m0/s1. The summed E-state index contributed by atoms with van der Waals surface area (Å²) in [7, 11) is -3.33. The molecular weight excluding hydrogens is 258 g/mol. The van der Waals surface area contributed by atoms with Crippen LogP contribution in [0.3, 0.4) is 0 Å². The number of carbonyl (C=O) groups excluding carboxylic acids is 2. The fourth-order valence-corrected chi connectivity index (χ4v) is 3.05. The van der Waals surface area contributed by atoms with E-state index in [1.165, 1.54) is 15.3 Å². The zero-order valence-corrected chi connectivity index (χ0v) is 10.9. The predicted octanol–water partition coefficient (Wildman–Crippen LogP) is -0.920. The quantitative estimate of drug-likeness (QED) is 0.492. The Bertz CT molecular complexity index is 501. The summed E-state index contributed by atoms with van der Waals surface area (Å²) in [6.07, 6.45) is 2.58. The second-order valence-electron chi connectivity index (χ2n) is 4.35. The minimum Gasteiger partial charge on any atom is -0.310 e. The Morgan fingerprint density at radius 3 is 2.61 bits per heavy atom. The van der Waals surface area contributed by atoms with Gasteiger partial charge in [0.1, 0.15) is 6.04 Å². The molecule has 100 valence electrons. The SMILES string of the molecule is C=CCN1C(=O)[C@@H]2CN(S(C)(=O)=O)CCN2C1=O. The number of hydrogen-bond donors (Lipinski definition) is 0. The van der Waals surface area contributed by atoms with E-state index in [2.05, 4.69) is 6.58 Å². The van der Waals surface area contributed by atoms with E-state index >= 15 is 0 Å². The van der Waals surface area contributed by atoms with E-state index in [0.29, 0.717) is 0 Å². The van der Waals surface area contributed by atoms with Crippen LogP contribution in [0.5, 0.6) is 0 Å². The number of nitrogens with zero attached hydrogens (tertiary/aromatic N) is 3. The van der Waals surface area contributed by atoms with Gasteiger partial charge < -0.3 is 4.90 Å². The largest absolute Gasteiger partial charge is 0.327 e. The van der Waals surface area contributed by atoms with Crippen LogP contribution in [-0.4, -0.2) is 72.9 Å². The molecule has 2 rings (SSSR count). The Morgan fingerprint density at radius 1 is 1.39 bits per heavy atom. The van der Waals surface area contributed by atoms with Gasteiger partial charge in [0.25, 0.3) is 5.91 Å². The molecule has 1 atom stereocenters. The Hall–Kier alpha value is -1.41. The molecule has 0 saturated carbocycles. The number of sulfonamides is 1. The van der Waals surface area contributed by atoms with Crippen molar-refractivity contribution >= 4 is 22.0 Å². The molecule has 0 unspecified atom stereocenters. The number of amides is 3. The predicted molar refractivity (Wildman–Crippen MR) is 64.2 cm³/mol. The van der Waals surface area contributed by atoms with E-state index in [0.717, 1.165) is 11.2 Å². The first-order valence-electron chi connectivity index (χ1n) is 5.54. The van der Waals surface area contributed by atoms with Gasteiger partial charge in [-0.25, -0.2) is 13.2 Å². The van der Waals surface area contributed by atoms with Gasteiger partial charge in [-0.3, -0.25) is 9.69 Å². The summed E-state index contributed by atoms with van der Waals surface area (Å²) in [5.74, 6) is -0.353. The molecule has 0 N–H and O–H groups in total. The highest BCUT2D eigenvalue weighted by Crippen LogP contribution is 2.22. The van der Waals surface area contributed by atoms with Crippen LogP contribution in [0.4, 0.5) is 4.79 Å². The molecule has 0 aromatic rings. The van der Waals surface area contributed by atoms with E-state index in [9.17, 15) is 18.0 Å². The van der Waals surface area contributed by atoms with Crippen molar-refractivity contribution in [2.75, 3.05) is 32.4 Å². The molecule has 0 radical (unpaired) electrons. The van der Waals surface area contributed by atoms with Crippen molar-refractivity contribution in [1.82, 2.24) is 14.1 Å². The summed E-state index contributed by atoms with van der Waals surface area (Å²) in [5, 5.41) is 0. The maximum absolute atomic E-state index is 12.0. The number of piperazine rings is 1. The molecule has 2 fully saturated rings. The van der Waals surface area contributed by atoms with E-state index < -0.39 is 16.1 Å². The average molecular weight is 273 g/mol. The van der Waals surface area contributed by atoms with Crippen LogP contribution < -0.4 is 0 Å². The van der Waals surface area contributed by atoms with Crippen molar-refractivity contribution in [3.8, 4) is 0 Å². The Balaban J connectivity index is 2.21. The van der Waals surface area contributed by atoms with Crippen LogP contribution in [0.25, 0.3) is 0 Å². The highest BCUT2D eigenvalue weighted by atomic mass is 32.2. The van der Waals surface area contributed by atoms with Crippen molar-refractivity contribution in [3.63, 3.8) is 0 Å². The van der Waals surface area contributed by atoms with Gasteiger partial charge in [0.2, 0.25) is 10.0 Å². The monoisotopic (exact) mass is 273 g/mol. The maximum atomic E-state index is 12.0. The minimum absolute atomic E-state index is 0.0387. The molecule has 2 saturated heterocycles. The lowest BCUT2D eigenvalue weighted by atomic mass is 10.2. The van der Waals surface area contributed by atoms with Gasteiger partial charge in [-0.15, -0.1) is 6.58 Å². The highest BCUT2D eigenvalue weighted by molar-refractivity contribution is 7.88. The number of imide groups is 1. The highest BCUT2D eigenvalue weighted by Gasteiger charge is 2.48. The zero-order chi connectivity index (χ0) is 13.5. The molecular formula is C10H15N3O4S. The number of hydrogen-bond acceptors (Lipinski definition) is 4. The lowest BCUT2D eigenvalue weighted by molar-refractivity contribution is -0.128. The first-order valence-corrected chi connectivity index (χ1v) is 7.39. The van der Waals surface area contributed by atoms with Crippen molar-refractivity contribution in [3.05, 3.63) is 12.7 Å². The van der Waals surface area contributed by atoms with Crippen molar-refractivity contribution < 1.29 is 18.0 Å². The Labute approximate surface area is 106 Å². The lowest BCUT2D eigenvalue weighted by Gasteiger charge is -2.33. The molecule has 8 heteroatoms. The lowest BCUT2D eigenvalue weighted by Crippen LogP contribution is -2.54. The Kier molecular flexibility index (Phi) is 3.16. The molecule has 0 spiro atoms.